The summed E-state index contributed by atoms with van der Waals surface area (Å²) >= 11 is 1.62. The lowest BCUT2D eigenvalue weighted by Crippen LogP contribution is -1.99. The predicted octanol–water partition coefficient (Wildman–Crippen LogP) is 2.47. The third-order valence-corrected chi connectivity index (χ3v) is 3.45. The molecular weight excluding hydrogens is 201 g/mol. The normalized spacial score (nSPS) is 15.9. The molecule has 2 rings (SSSR count). The van der Waals surface area contributed by atoms with Crippen LogP contribution in [0.5, 0.6) is 0 Å². The fourth-order valence-corrected chi connectivity index (χ4v) is 2.24. The van der Waals surface area contributed by atoms with Crippen molar-refractivity contribution in [3.8, 4) is 0 Å². The van der Waals surface area contributed by atoms with Crippen LogP contribution < -0.4 is 5.90 Å². The summed E-state index contributed by atoms with van der Waals surface area (Å²) in [6, 6.07) is 5.13. The highest BCUT2D eigenvalue weighted by Gasteiger charge is 2.23. The lowest BCUT2D eigenvalue weighted by atomic mass is 10.2. The van der Waals surface area contributed by atoms with Gasteiger partial charge in [-0.05, 0) is 30.5 Å². The van der Waals surface area contributed by atoms with Gasteiger partial charge in [0.15, 0.2) is 0 Å². The van der Waals surface area contributed by atoms with Gasteiger partial charge in [-0.25, -0.2) is 10.3 Å². The second-order valence-electron chi connectivity index (χ2n) is 3.39. The molecule has 0 spiro atoms. The van der Waals surface area contributed by atoms with Crippen molar-refractivity contribution in [2.75, 3.05) is 0 Å². The molecule has 2 N–H and O–H groups in total. The standard InChI is InChI=1S/C10H12FNOS/c11-9-5-7(6-13-12)1-4-10(9)14-8-2-3-8/h1,4-5,8H,2-3,6,12H2. The molecule has 0 radical (unpaired) electrons. The van der Waals surface area contributed by atoms with Gasteiger partial charge >= 0.3 is 0 Å². The largest absolute Gasteiger partial charge is 0.300 e. The van der Waals surface area contributed by atoms with Crippen LogP contribution in [0, 0.1) is 5.82 Å². The monoisotopic (exact) mass is 213 g/mol. The van der Waals surface area contributed by atoms with Crippen molar-refractivity contribution in [1.82, 2.24) is 0 Å². The van der Waals surface area contributed by atoms with Gasteiger partial charge in [-0.15, -0.1) is 11.8 Å². The fraction of sp³-hybridized carbons (Fsp3) is 0.400. The van der Waals surface area contributed by atoms with Crippen LogP contribution >= 0.6 is 11.8 Å². The van der Waals surface area contributed by atoms with Crippen LogP contribution in [0.4, 0.5) is 4.39 Å². The number of thioether (sulfide) groups is 1. The number of nitrogens with two attached hydrogens (primary N) is 1. The summed E-state index contributed by atoms with van der Waals surface area (Å²) in [5, 5.41) is 0.626. The molecule has 4 heteroatoms. The van der Waals surface area contributed by atoms with Crippen LogP contribution in [0.15, 0.2) is 23.1 Å². The van der Waals surface area contributed by atoms with E-state index in [1.807, 2.05) is 6.07 Å². The van der Waals surface area contributed by atoms with Gasteiger partial charge in [0.25, 0.3) is 0 Å². The minimum atomic E-state index is -0.170. The van der Waals surface area contributed by atoms with Gasteiger partial charge in [0.1, 0.15) is 5.82 Å². The molecule has 1 saturated carbocycles. The highest BCUT2D eigenvalue weighted by molar-refractivity contribution is 8.00. The van der Waals surface area contributed by atoms with Crippen molar-refractivity contribution in [1.29, 1.82) is 0 Å². The zero-order valence-electron chi connectivity index (χ0n) is 7.70. The van der Waals surface area contributed by atoms with Crippen LogP contribution in [-0.4, -0.2) is 5.25 Å². The van der Waals surface area contributed by atoms with Gasteiger partial charge in [-0.3, -0.25) is 4.84 Å². The molecule has 1 fully saturated rings. The molecule has 1 aromatic carbocycles. The first-order valence-electron chi connectivity index (χ1n) is 4.56. The molecule has 0 bridgehead atoms. The first-order valence-corrected chi connectivity index (χ1v) is 5.44. The second kappa shape index (κ2) is 4.29. The Labute approximate surface area is 86.6 Å². The summed E-state index contributed by atoms with van der Waals surface area (Å²) < 4.78 is 13.4. The van der Waals surface area contributed by atoms with Crippen molar-refractivity contribution < 1.29 is 9.23 Å². The number of hydrogen-bond acceptors (Lipinski definition) is 3. The summed E-state index contributed by atoms with van der Waals surface area (Å²) in [4.78, 5) is 5.17. The lowest BCUT2D eigenvalue weighted by molar-refractivity contribution is 0.124. The van der Waals surface area contributed by atoms with E-state index in [-0.39, 0.29) is 12.4 Å². The van der Waals surface area contributed by atoms with E-state index in [2.05, 4.69) is 4.84 Å². The van der Waals surface area contributed by atoms with Crippen LogP contribution in [0.1, 0.15) is 18.4 Å². The second-order valence-corrected chi connectivity index (χ2v) is 4.74. The molecule has 0 amide bonds. The minimum absolute atomic E-state index is 0.170. The Balaban J connectivity index is 2.09. The summed E-state index contributed by atoms with van der Waals surface area (Å²) in [5.41, 5.74) is 0.769. The Morgan fingerprint density at radius 1 is 1.50 bits per heavy atom. The van der Waals surface area contributed by atoms with E-state index in [1.165, 1.54) is 18.9 Å². The van der Waals surface area contributed by atoms with E-state index in [4.69, 9.17) is 5.90 Å². The Morgan fingerprint density at radius 3 is 2.86 bits per heavy atom. The van der Waals surface area contributed by atoms with Crippen LogP contribution in [0.25, 0.3) is 0 Å². The van der Waals surface area contributed by atoms with Crippen molar-refractivity contribution in [2.45, 2.75) is 29.6 Å². The molecular formula is C10H12FNOS. The van der Waals surface area contributed by atoms with Gasteiger partial charge in [0, 0.05) is 10.1 Å². The van der Waals surface area contributed by atoms with Gasteiger partial charge in [0.2, 0.25) is 0 Å². The molecule has 14 heavy (non-hydrogen) atoms. The summed E-state index contributed by atoms with van der Waals surface area (Å²) in [7, 11) is 0. The van der Waals surface area contributed by atoms with Crippen LogP contribution in [0.3, 0.4) is 0 Å². The molecule has 0 aliphatic heterocycles. The van der Waals surface area contributed by atoms with Crippen molar-refractivity contribution in [3.05, 3.63) is 29.6 Å². The Kier molecular flexibility index (Phi) is 3.05. The lowest BCUT2D eigenvalue weighted by Gasteiger charge is -2.04. The maximum atomic E-state index is 13.4. The van der Waals surface area contributed by atoms with E-state index in [0.29, 0.717) is 5.25 Å². The van der Waals surface area contributed by atoms with Crippen LogP contribution in [0.2, 0.25) is 0 Å². The molecule has 1 aliphatic rings. The molecule has 2 nitrogen and oxygen atoms in total. The maximum absolute atomic E-state index is 13.4. The number of hydrogen-bond donors (Lipinski definition) is 1. The van der Waals surface area contributed by atoms with Gasteiger partial charge in [0.05, 0.1) is 6.61 Å². The van der Waals surface area contributed by atoms with Crippen LogP contribution in [-0.2, 0) is 11.4 Å². The highest BCUT2D eigenvalue weighted by atomic mass is 32.2. The zero-order valence-corrected chi connectivity index (χ0v) is 8.52. The summed E-state index contributed by atoms with van der Waals surface area (Å²) in [6.45, 7) is 0.255. The van der Waals surface area contributed by atoms with Crippen molar-refractivity contribution >= 4 is 11.8 Å². The van der Waals surface area contributed by atoms with Gasteiger partial charge < -0.3 is 0 Å². The number of halogens is 1. The van der Waals surface area contributed by atoms with E-state index < -0.39 is 0 Å². The minimum Gasteiger partial charge on any atom is -0.300 e. The third kappa shape index (κ3) is 2.47. The molecule has 0 heterocycles. The first-order chi connectivity index (χ1) is 6.79. The third-order valence-electron chi connectivity index (χ3n) is 2.06. The topological polar surface area (TPSA) is 35.2 Å². The summed E-state index contributed by atoms with van der Waals surface area (Å²) in [6.07, 6.45) is 2.41. The first kappa shape index (κ1) is 9.96. The highest BCUT2D eigenvalue weighted by Crippen LogP contribution is 2.40. The number of benzene rings is 1. The van der Waals surface area contributed by atoms with E-state index in [9.17, 15) is 4.39 Å². The Bertz CT molecular complexity index is 328. The molecule has 0 aromatic heterocycles. The summed E-state index contributed by atoms with van der Waals surface area (Å²) in [5.74, 6) is 4.74. The smallest absolute Gasteiger partial charge is 0.137 e. The average molecular weight is 213 g/mol. The Morgan fingerprint density at radius 2 is 2.29 bits per heavy atom. The number of rotatable bonds is 4. The quantitative estimate of drug-likeness (QED) is 0.780. The molecule has 0 atom stereocenters. The average Bonchev–Trinajstić information content (AvgIpc) is 2.94. The molecule has 1 aliphatic carbocycles. The SMILES string of the molecule is NOCc1ccc(SC2CC2)c(F)c1. The van der Waals surface area contributed by atoms with E-state index in [1.54, 1.807) is 17.8 Å². The Hall–Kier alpha value is -0.580. The van der Waals surface area contributed by atoms with E-state index >= 15 is 0 Å². The molecule has 76 valence electrons. The molecule has 0 unspecified atom stereocenters. The van der Waals surface area contributed by atoms with Crippen molar-refractivity contribution in [2.24, 2.45) is 5.90 Å². The predicted molar refractivity (Wildman–Crippen MR) is 54.3 cm³/mol. The zero-order chi connectivity index (χ0) is 9.97. The van der Waals surface area contributed by atoms with Crippen molar-refractivity contribution in [3.63, 3.8) is 0 Å². The van der Waals surface area contributed by atoms with Gasteiger partial charge in [-0.1, -0.05) is 6.07 Å². The molecule has 1 aromatic rings. The van der Waals surface area contributed by atoms with Gasteiger partial charge in [-0.2, -0.15) is 0 Å². The molecule has 0 saturated heterocycles. The fourth-order valence-electron chi connectivity index (χ4n) is 1.19. The maximum Gasteiger partial charge on any atom is 0.137 e. The van der Waals surface area contributed by atoms with E-state index in [0.717, 1.165) is 10.5 Å².